The Morgan fingerprint density at radius 3 is 2.61 bits per heavy atom. The molecule has 0 spiro atoms. The Morgan fingerprint density at radius 2 is 1.91 bits per heavy atom. The summed E-state index contributed by atoms with van der Waals surface area (Å²) in [5.41, 5.74) is 2.16. The van der Waals surface area contributed by atoms with Crippen LogP contribution in [-0.2, 0) is 28.7 Å². The number of nitrogens with zero attached hydrogens (tertiary/aromatic N) is 2. The monoisotopic (exact) mass is 622 g/mol. The Bertz CT molecular complexity index is 2000. The molecule has 0 bridgehead atoms. The molecule has 2 aromatic heterocycles. The van der Waals surface area contributed by atoms with Crippen molar-refractivity contribution in [2.75, 3.05) is 6.61 Å². The third kappa shape index (κ3) is 5.24. The number of pyridine rings is 1. The van der Waals surface area contributed by atoms with Crippen LogP contribution in [0, 0.1) is 6.92 Å². The van der Waals surface area contributed by atoms with Crippen LogP contribution in [0.4, 0.5) is 13.2 Å². The highest BCUT2D eigenvalue weighted by atomic mass is 32.1. The zero-order valence-electron chi connectivity index (χ0n) is 24.4. The summed E-state index contributed by atoms with van der Waals surface area (Å²) in [6.07, 6.45) is -3.66. The maximum atomic E-state index is 13.9. The summed E-state index contributed by atoms with van der Waals surface area (Å²) in [6, 6.07) is 12.3. The molecule has 44 heavy (non-hydrogen) atoms. The lowest BCUT2D eigenvalue weighted by Gasteiger charge is -2.28. The van der Waals surface area contributed by atoms with E-state index in [1.165, 1.54) is 22.8 Å². The van der Waals surface area contributed by atoms with Crippen molar-refractivity contribution in [3.05, 3.63) is 92.2 Å². The van der Waals surface area contributed by atoms with E-state index >= 15 is 0 Å². The van der Waals surface area contributed by atoms with Crippen molar-refractivity contribution in [1.82, 2.24) is 9.55 Å². The molecule has 1 aliphatic rings. The molecule has 7 nitrogen and oxygen atoms in total. The Morgan fingerprint density at radius 1 is 1.16 bits per heavy atom. The number of carboxylic acid groups (broad SMARTS) is 1. The molecule has 1 N–H and O–H groups in total. The normalized spacial score (nSPS) is 14.2. The third-order valence-corrected chi connectivity index (χ3v) is 8.67. The van der Waals surface area contributed by atoms with E-state index in [1.807, 2.05) is 6.07 Å². The van der Waals surface area contributed by atoms with Gasteiger partial charge in [0.25, 0.3) is 0 Å². The van der Waals surface area contributed by atoms with Gasteiger partial charge in [0.1, 0.15) is 5.75 Å². The van der Waals surface area contributed by atoms with E-state index in [9.17, 15) is 27.9 Å². The predicted octanol–water partition coefficient (Wildman–Crippen LogP) is 7.53. The topological polar surface area (TPSA) is 90.7 Å². The lowest BCUT2D eigenvalue weighted by atomic mass is 9.89. The Balaban J connectivity index is 1.69. The van der Waals surface area contributed by atoms with Gasteiger partial charge >= 0.3 is 17.0 Å². The van der Waals surface area contributed by atoms with Crippen LogP contribution in [0.15, 0.2) is 59.5 Å². The average Bonchev–Trinajstić information content (AvgIpc) is 3.25. The quantitative estimate of drug-likeness (QED) is 0.211. The van der Waals surface area contributed by atoms with Crippen molar-refractivity contribution < 1.29 is 32.5 Å². The number of thiazole rings is 1. The summed E-state index contributed by atoms with van der Waals surface area (Å²) in [6.45, 7) is 7.18. The molecule has 228 valence electrons. The SMILES string of the molecule is Cc1cc2c(sc(=O)n2Cc2ccccc2C(F)(F)F)c(-c2ccc3c4c(ccnc24)CCO3)c1C(OC(C)(C)C)C(=O)O. The van der Waals surface area contributed by atoms with Gasteiger partial charge in [-0.1, -0.05) is 29.5 Å². The number of fused-ring (bicyclic) bond motifs is 1. The fraction of sp³-hybridized carbons (Fsp3) is 0.303. The second kappa shape index (κ2) is 10.7. The van der Waals surface area contributed by atoms with Crippen molar-refractivity contribution in [3.63, 3.8) is 0 Å². The van der Waals surface area contributed by atoms with E-state index in [1.54, 1.807) is 52.1 Å². The van der Waals surface area contributed by atoms with E-state index < -0.39 is 34.3 Å². The fourth-order valence-corrected chi connectivity index (χ4v) is 6.93. The average molecular weight is 623 g/mol. The van der Waals surface area contributed by atoms with Gasteiger partial charge in [0.2, 0.25) is 0 Å². The number of rotatable bonds is 6. The molecule has 3 aromatic carbocycles. The van der Waals surface area contributed by atoms with Crippen LogP contribution in [-0.4, -0.2) is 32.8 Å². The standard InChI is InChI=1S/C33H29F3N2O5S/c1-17-15-22-29(44-31(41)38(22)16-19-7-5-6-8-21(19)33(34,35)36)26(24(17)28(30(39)40)43-32(2,3)4)20-9-10-23-25-18(12-14-42-23)11-13-37-27(20)25/h5-11,13,15,28H,12,14,16H2,1-4H3,(H,39,40). The molecule has 3 heterocycles. The first-order chi connectivity index (χ1) is 20.7. The van der Waals surface area contributed by atoms with Gasteiger partial charge < -0.3 is 14.6 Å². The fourth-order valence-electron chi connectivity index (χ4n) is 5.89. The Labute approximate surface area is 254 Å². The number of alkyl halides is 3. The minimum Gasteiger partial charge on any atom is -0.493 e. The summed E-state index contributed by atoms with van der Waals surface area (Å²) in [5.74, 6) is -0.563. The Hall–Kier alpha value is -4.22. The molecule has 5 aromatic rings. The number of halogens is 3. The van der Waals surface area contributed by atoms with Crippen LogP contribution < -0.4 is 9.61 Å². The molecule has 11 heteroatoms. The van der Waals surface area contributed by atoms with Gasteiger partial charge in [-0.3, -0.25) is 14.3 Å². The van der Waals surface area contributed by atoms with Crippen LogP contribution in [0.25, 0.3) is 32.2 Å². The number of ether oxygens (including phenoxy) is 2. The summed E-state index contributed by atoms with van der Waals surface area (Å²) in [5, 5.41) is 11.2. The maximum Gasteiger partial charge on any atom is 0.416 e. The molecular formula is C33H29F3N2O5S. The van der Waals surface area contributed by atoms with Crippen LogP contribution in [0.3, 0.4) is 0 Å². The van der Waals surface area contributed by atoms with Gasteiger partial charge in [-0.25, -0.2) is 4.79 Å². The molecule has 0 radical (unpaired) electrons. The number of aryl methyl sites for hydroxylation is 1. The van der Waals surface area contributed by atoms with Crippen LogP contribution >= 0.6 is 11.3 Å². The van der Waals surface area contributed by atoms with Gasteiger partial charge in [0.05, 0.1) is 40.0 Å². The van der Waals surface area contributed by atoms with Crippen molar-refractivity contribution in [3.8, 4) is 16.9 Å². The molecule has 0 saturated heterocycles. The highest BCUT2D eigenvalue weighted by Gasteiger charge is 2.35. The van der Waals surface area contributed by atoms with Crippen LogP contribution in [0.1, 0.15) is 54.7 Å². The summed E-state index contributed by atoms with van der Waals surface area (Å²) >= 11 is 0.858. The van der Waals surface area contributed by atoms with Crippen molar-refractivity contribution in [2.45, 2.75) is 58.5 Å². The first kappa shape index (κ1) is 29.8. The molecule has 1 unspecified atom stereocenters. The van der Waals surface area contributed by atoms with Gasteiger partial charge in [0.15, 0.2) is 6.10 Å². The number of hydrogen-bond acceptors (Lipinski definition) is 6. The van der Waals surface area contributed by atoms with Crippen molar-refractivity contribution in [1.29, 1.82) is 0 Å². The second-order valence-corrected chi connectivity index (χ2v) is 12.8. The van der Waals surface area contributed by atoms with Crippen molar-refractivity contribution >= 4 is 38.4 Å². The molecule has 0 amide bonds. The van der Waals surface area contributed by atoms with Crippen molar-refractivity contribution in [2.24, 2.45) is 0 Å². The highest BCUT2D eigenvalue weighted by Crippen LogP contribution is 2.46. The van der Waals surface area contributed by atoms with Gasteiger partial charge in [-0.15, -0.1) is 0 Å². The lowest BCUT2D eigenvalue weighted by Crippen LogP contribution is -2.28. The van der Waals surface area contributed by atoms with Crippen LogP contribution in [0.5, 0.6) is 5.75 Å². The minimum absolute atomic E-state index is 0.0510. The van der Waals surface area contributed by atoms with E-state index in [2.05, 4.69) is 4.98 Å². The van der Waals surface area contributed by atoms with Gasteiger partial charge in [0, 0.05) is 34.7 Å². The number of carboxylic acids is 1. The van der Waals surface area contributed by atoms with E-state index in [4.69, 9.17) is 9.47 Å². The first-order valence-corrected chi connectivity index (χ1v) is 14.8. The smallest absolute Gasteiger partial charge is 0.416 e. The lowest BCUT2D eigenvalue weighted by molar-refractivity contribution is -0.160. The molecule has 6 rings (SSSR count). The van der Waals surface area contributed by atoms with E-state index in [0.717, 1.165) is 28.4 Å². The largest absolute Gasteiger partial charge is 0.493 e. The minimum atomic E-state index is -4.60. The van der Waals surface area contributed by atoms with Crippen LogP contribution in [0.2, 0.25) is 0 Å². The number of aliphatic carboxylic acids is 1. The molecule has 1 aliphatic heterocycles. The molecule has 0 aliphatic carbocycles. The predicted molar refractivity (Wildman–Crippen MR) is 163 cm³/mol. The highest BCUT2D eigenvalue weighted by molar-refractivity contribution is 7.17. The molecule has 0 fully saturated rings. The zero-order valence-corrected chi connectivity index (χ0v) is 25.2. The zero-order chi connectivity index (χ0) is 31.6. The van der Waals surface area contributed by atoms with E-state index in [0.29, 0.717) is 56.8 Å². The van der Waals surface area contributed by atoms with E-state index in [-0.39, 0.29) is 12.1 Å². The van der Waals surface area contributed by atoms with Gasteiger partial charge in [-0.2, -0.15) is 13.2 Å². The summed E-state index contributed by atoms with van der Waals surface area (Å²) in [7, 11) is 0. The maximum absolute atomic E-state index is 13.9. The molecular weight excluding hydrogens is 593 g/mol. The number of carbonyl (C=O) groups is 1. The Kier molecular flexibility index (Phi) is 7.28. The number of benzene rings is 3. The second-order valence-electron chi connectivity index (χ2n) is 11.8. The number of aromatic nitrogens is 2. The molecule has 0 saturated carbocycles. The third-order valence-electron chi connectivity index (χ3n) is 7.66. The molecule has 1 atom stereocenters. The summed E-state index contributed by atoms with van der Waals surface area (Å²) in [4.78, 5) is 30.6. The summed E-state index contributed by atoms with van der Waals surface area (Å²) < 4.78 is 55.4. The first-order valence-electron chi connectivity index (χ1n) is 14.0. The van der Waals surface area contributed by atoms with Gasteiger partial charge in [-0.05, 0) is 74.7 Å². The number of hydrogen-bond donors (Lipinski definition) is 1.